The molecule has 98 valence electrons. The van der Waals surface area contributed by atoms with Crippen molar-refractivity contribution in [3.63, 3.8) is 0 Å². The zero-order chi connectivity index (χ0) is 14.0. The third-order valence-corrected chi connectivity index (χ3v) is 3.57. The quantitative estimate of drug-likeness (QED) is 0.683. The molecule has 2 aromatic rings. The molecule has 0 radical (unpaired) electrons. The summed E-state index contributed by atoms with van der Waals surface area (Å²) < 4.78 is 4.40. The third kappa shape index (κ3) is 3.12. The molecule has 2 rings (SSSR count). The van der Waals surface area contributed by atoms with Crippen molar-refractivity contribution in [2.75, 3.05) is 5.32 Å². The van der Waals surface area contributed by atoms with Crippen molar-refractivity contribution in [3.8, 4) is 0 Å². The largest absolute Gasteiger partial charge is 0.297 e. The Morgan fingerprint density at radius 3 is 2.84 bits per heavy atom. The fraction of sp³-hybridized carbons (Fsp3) is 0.100. The fourth-order valence-corrected chi connectivity index (χ4v) is 2.31. The van der Waals surface area contributed by atoms with Crippen molar-refractivity contribution in [2.45, 2.75) is 6.92 Å². The number of nitrogens with one attached hydrogen (secondary N) is 1. The number of aryl methyl sites for hydroxylation is 1. The number of halogens is 1. The molecule has 0 atom stereocenters. The molecule has 0 saturated heterocycles. The van der Waals surface area contributed by atoms with Gasteiger partial charge in [-0.3, -0.25) is 20.2 Å². The number of hydrogen-bond donors (Lipinski definition) is 1. The maximum Gasteiger partial charge on any atom is 0.270 e. The van der Waals surface area contributed by atoms with Crippen molar-refractivity contribution < 1.29 is 9.72 Å². The molecule has 1 heterocycles. The van der Waals surface area contributed by atoms with Gasteiger partial charge in [0, 0.05) is 28.1 Å². The summed E-state index contributed by atoms with van der Waals surface area (Å²) in [6, 6.07) is 3.97. The molecular weight excluding hydrogens is 336 g/mol. The number of benzene rings is 1. The van der Waals surface area contributed by atoms with Gasteiger partial charge in [-0.05, 0) is 28.9 Å². The molecule has 0 bridgehead atoms. The first-order valence-electron chi connectivity index (χ1n) is 5.03. The molecule has 0 aliphatic heterocycles. The SMILES string of the molecule is Cc1nsc(NC(=O)c2cc([N+](=O)[O-])ccc2Br)n1. The number of nitro benzene ring substituents is 1. The monoisotopic (exact) mass is 342 g/mol. The van der Waals surface area contributed by atoms with Crippen LogP contribution in [0.1, 0.15) is 16.2 Å². The Kier molecular flexibility index (Phi) is 3.86. The molecule has 0 saturated carbocycles. The molecule has 1 N–H and O–H groups in total. The van der Waals surface area contributed by atoms with Gasteiger partial charge in [0.05, 0.1) is 10.5 Å². The lowest BCUT2D eigenvalue weighted by Crippen LogP contribution is -2.12. The van der Waals surface area contributed by atoms with Crippen LogP contribution >= 0.6 is 27.5 Å². The Labute approximate surface area is 120 Å². The number of carbonyl (C=O) groups excluding carboxylic acids is 1. The van der Waals surface area contributed by atoms with Crippen LogP contribution in [0.2, 0.25) is 0 Å². The van der Waals surface area contributed by atoms with Gasteiger partial charge >= 0.3 is 0 Å². The van der Waals surface area contributed by atoms with Gasteiger partial charge in [0.2, 0.25) is 5.13 Å². The van der Waals surface area contributed by atoms with Crippen LogP contribution in [0.3, 0.4) is 0 Å². The lowest BCUT2D eigenvalue weighted by Gasteiger charge is -2.03. The Balaban J connectivity index is 2.27. The molecule has 0 aliphatic carbocycles. The molecule has 19 heavy (non-hydrogen) atoms. The number of hydrogen-bond acceptors (Lipinski definition) is 6. The Bertz CT molecular complexity index is 658. The standard InChI is InChI=1S/C10H7BrN4O3S/c1-5-12-10(19-14-5)13-9(16)7-4-6(15(17)18)2-3-8(7)11/h2-4H,1H3,(H,12,13,14,16). The number of amides is 1. The summed E-state index contributed by atoms with van der Waals surface area (Å²) in [5.74, 6) is 0.0742. The molecule has 0 unspecified atom stereocenters. The number of aromatic nitrogens is 2. The molecular formula is C10H7BrN4O3S. The highest BCUT2D eigenvalue weighted by molar-refractivity contribution is 9.10. The van der Waals surface area contributed by atoms with Crippen molar-refractivity contribution in [1.29, 1.82) is 0 Å². The van der Waals surface area contributed by atoms with E-state index in [0.717, 1.165) is 11.5 Å². The van der Waals surface area contributed by atoms with E-state index in [1.165, 1.54) is 18.2 Å². The van der Waals surface area contributed by atoms with Crippen LogP contribution in [0, 0.1) is 17.0 Å². The number of anilines is 1. The van der Waals surface area contributed by atoms with E-state index in [4.69, 9.17) is 0 Å². The van der Waals surface area contributed by atoms with Crippen molar-refractivity contribution in [3.05, 3.63) is 44.2 Å². The predicted octanol–water partition coefficient (Wildman–Crippen LogP) is 2.77. The minimum atomic E-state index is -0.557. The maximum atomic E-state index is 12.0. The smallest absolute Gasteiger partial charge is 0.270 e. The molecule has 1 aromatic heterocycles. The minimum absolute atomic E-state index is 0.151. The number of rotatable bonds is 3. The van der Waals surface area contributed by atoms with E-state index < -0.39 is 10.8 Å². The summed E-state index contributed by atoms with van der Waals surface area (Å²) in [5, 5.41) is 13.6. The Hall–Kier alpha value is -1.87. The Morgan fingerprint density at radius 2 is 2.26 bits per heavy atom. The Morgan fingerprint density at radius 1 is 1.53 bits per heavy atom. The van der Waals surface area contributed by atoms with Crippen LogP contribution in [-0.4, -0.2) is 20.2 Å². The van der Waals surface area contributed by atoms with Gasteiger partial charge in [0.15, 0.2) is 0 Å². The average Bonchev–Trinajstić information content (AvgIpc) is 2.74. The lowest BCUT2D eigenvalue weighted by atomic mass is 10.2. The third-order valence-electron chi connectivity index (χ3n) is 2.15. The van der Waals surface area contributed by atoms with E-state index in [0.29, 0.717) is 15.4 Å². The summed E-state index contributed by atoms with van der Waals surface area (Å²) in [6.07, 6.45) is 0. The second kappa shape index (κ2) is 5.41. The van der Waals surface area contributed by atoms with E-state index >= 15 is 0 Å². The molecule has 0 spiro atoms. The first-order valence-corrected chi connectivity index (χ1v) is 6.59. The van der Waals surface area contributed by atoms with Crippen molar-refractivity contribution in [2.24, 2.45) is 0 Å². The zero-order valence-corrected chi connectivity index (χ0v) is 12.0. The van der Waals surface area contributed by atoms with E-state index in [-0.39, 0.29) is 11.3 Å². The zero-order valence-electron chi connectivity index (χ0n) is 9.58. The maximum absolute atomic E-state index is 12.0. The summed E-state index contributed by atoms with van der Waals surface area (Å²) >= 11 is 4.23. The summed E-state index contributed by atoms with van der Waals surface area (Å²) in [7, 11) is 0. The van der Waals surface area contributed by atoms with Crippen LogP contribution in [0.5, 0.6) is 0 Å². The summed E-state index contributed by atoms with van der Waals surface area (Å²) in [5.41, 5.74) is 0.0175. The van der Waals surface area contributed by atoms with E-state index in [1.807, 2.05) is 0 Å². The molecule has 7 nitrogen and oxygen atoms in total. The van der Waals surface area contributed by atoms with E-state index in [9.17, 15) is 14.9 Å². The first kappa shape index (κ1) is 13.6. The van der Waals surface area contributed by atoms with E-state index in [1.54, 1.807) is 6.92 Å². The second-order valence-corrected chi connectivity index (χ2v) is 5.13. The highest BCUT2D eigenvalue weighted by Crippen LogP contribution is 2.23. The number of nitrogens with zero attached hydrogens (tertiary/aromatic N) is 3. The average molecular weight is 343 g/mol. The topological polar surface area (TPSA) is 98.0 Å². The van der Waals surface area contributed by atoms with Crippen LogP contribution < -0.4 is 5.32 Å². The van der Waals surface area contributed by atoms with Gasteiger partial charge in [-0.25, -0.2) is 4.98 Å². The highest BCUT2D eigenvalue weighted by Gasteiger charge is 2.16. The van der Waals surface area contributed by atoms with Crippen molar-refractivity contribution >= 4 is 44.2 Å². The summed E-state index contributed by atoms with van der Waals surface area (Å²) in [4.78, 5) is 26.1. The van der Waals surface area contributed by atoms with Crippen LogP contribution in [0.4, 0.5) is 10.8 Å². The number of carbonyl (C=O) groups is 1. The molecule has 1 amide bonds. The van der Waals surface area contributed by atoms with Crippen LogP contribution in [0.15, 0.2) is 22.7 Å². The normalized spacial score (nSPS) is 10.2. The van der Waals surface area contributed by atoms with Gasteiger partial charge < -0.3 is 0 Å². The van der Waals surface area contributed by atoms with Crippen molar-refractivity contribution in [1.82, 2.24) is 9.36 Å². The minimum Gasteiger partial charge on any atom is -0.297 e. The lowest BCUT2D eigenvalue weighted by molar-refractivity contribution is -0.384. The van der Waals surface area contributed by atoms with Gasteiger partial charge in [0.25, 0.3) is 11.6 Å². The highest BCUT2D eigenvalue weighted by atomic mass is 79.9. The second-order valence-electron chi connectivity index (χ2n) is 3.52. The summed E-state index contributed by atoms with van der Waals surface area (Å²) in [6.45, 7) is 1.70. The predicted molar refractivity (Wildman–Crippen MR) is 73.4 cm³/mol. The van der Waals surface area contributed by atoms with Crippen LogP contribution in [0.25, 0.3) is 0 Å². The van der Waals surface area contributed by atoms with Gasteiger partial charge in [-0.15, -0.1) is 0 Å². The molecule has 0 aliphatic rings. The number of nitro groups is 1. The van der Waals surface area contributed by atoms with Gasteiger partial charge in [0.1, 0.15) is 5.82 Å². The molecule has 1 aromatic carbocycles. The molecule has 0 fully saturated rings. The van der Waals surface area contributed by atoms with E-state index in [2.05, 4.69) is 30.6 Å². The molecule has 9 heteroatoms. The van der Waals surface area contributed by atoms with Gasteiger partial charge in [-0.1, -0.05) is 0 Å². The van der Waals surface area contributed by atoms with Crippen LogP contribution in [-0.2, 0) is 0 Å². The first-order chi connectivity index (χ1) is 8.97. The fourth-order valence-electron chi connectivity index (χ4n) is 1.31. The van der Waals surface area contributed by atoms with Gasteiger partial charge in [-0.2, -0.15) is 4.37 Å². The number of non-ortho nitro benzene ring substituents is 1.